The van der Waals surface area contributed by atoms with E-state index in [1.54, 1.807) is 0 Å². The number of halogens is 3. The van der Waals surface area contributed by atoms with Crippen LogP contribution in [0.1, 0.15) is 10.4 Å². The molecule has 1 aromatic rings. The highest BCUT2D eigenvalue weighted by Gasteiger charge is 2.56. The maximum Gasteiger partial charge on any atom is 0.437 e. The lowest BCUT2D eigenvalue weighted by atomic mass is 10.1. The summed E-state index contributed by atoms with van der Waals surface area (Å²) in [6.07, 6.45) is -1.74. The highest BCUT2D eigenvalue weighted by Crippen LogP contribution is 2.37. The molecular weight excluding hydrogens is 247 g/mol. The SMILES string of the molecule is O=Cc1ccccc1OC1(C(F)(F)F)C=CN=C1. The Morgan fingerprint density at radius 2 is 2.00 bits per heavy atom. The molecule has 0 saturated carbocycles. The summed E-state index contributed by atoms with van der Waals surface area (Å²) in [5.41, 5.74) is -2.55. The minimum atomic E-state index is -4.65. The molecule has 6 heteroatoms. The molecule has 1 unspecified atom stereocenters. The van der Waals surface area contributed by atoms with Gasteiger partial charge in [-0.15, -0.1) is 0 Å². The zero-order valence-corrected chi connectivity index (χ0v) is 9.02. The zero-order chi connectivity index (χ0) is 13.2. The van der Waals surface area contributed by atoms with Crippen LogP contribution < -0.4 is 4.74 Å². The second-order valence-corrected chi connectivity index (χ2v) is 3.64. The van der Waals surface area contributed by atoms with E-state index in [1.807, 2.05) is 0 Å². The van der Waals surface area contributed by atoms with Crippen molar-refractivity contribution >= 4 is 12.5 Å². The summed E-state index contributed by atoms with van der Waals surface area (Å²) >= 11 is 0. The van der Waals surface area contributed by atoms with Gasteiger partial charge in [-0.1, -0.05) is 12.1 Å². The Hall–Kier alpha value is -2.11. The minimum absolute atomic E-state index is 0.0508. The fourth-order valence-electron chi connectivity index (χ4n) is 1.49. The average Bonchev–Trinajstić information content (AvgIpc) is 2.79. The molecular formula is C12H8F3NO2. The molecule has 0 saturated heterocycles. The number of hydrogen-bond acceptors (Lipinski definition) is 3. The molecule has 18 heavy (non-hydrogen) atoms. The van der Waals surface area contributed by atoms with Gasteiger partial charge in [-0.3, -0.25) is 9.79 Å². The molecule has 1 heterocycles. The number of rotatable bonds is 3. The monoisotopic (exact) mass is 255 g/mol. The Bertz CT molecular complexity index is 508. The number of para-hydroxylation sites is 1. The van der Waals surface area contributed by atoms with Crippen molar-refractivity contribution in [2.75, 3.05) is 0 Å². The second kappa shape index (κ2) is 4.29. The first-order valence-corrected chi connectivity index (χ1v) is 5.00. The van der Waals surface area contributed by atoms with Gasteiger partial charge in [0.1, 0.15) is 5.75 Å². The molecule has 1 aliphatic rings. The van der Waals surface area contributed by atoms with Crippen LogP contribution in [-0.2, 0) is 0 Å². The quantitative estimate of drug-likeness (QED) is 0.779. The summed E-state index contributed by atoms with van der Waals surface area (Å²) in [5, 5.41) is 0. The van der Waals surface area contributed by atoms with Gasteiger partial charge in [-0.25, -0.2) is 0 Å². The van der Waals surface area contributed by atoms with Crippen molar-refractivity contribution in [2.24, 2.45) is 4.99 Å². The number of ether oxygens (including phenoxy) is 1. The molecule has 0 aliphatic carbocycles. The number of carbonyl (C=O) groups excluding carboxylic acids is 1. The zero-order valence-electron chi connectivity index (χ0n) is 9.02. The summed E-state index contributed by atoms with van der Waals surface area (Å²) in [4.78, 5) is 14.2. The Labute approximate surface area is 101 Å². The van der Waals surface area contributed by atoms with Gasteiger partial charge in [0, 0.05) is 6.20 Å². The van der Waals surface area contributed by atoms with Crippen molar-refractivity contribution in [3.8, 4) is 5.75 Å². The maximum absolute atomic E-state index is 13.0. The molecule has 2 rings (SSSR count). The van der Waals surface area contributed by atoms with E-state index >= 15 is 0 Å². The molecule has 94 valence electrons. The smallest absolute Gasteiger partial charge is 0.437 e. The lowest BCUT2D eigenvalue weighted by molar-refractivity contribution is -0.200. The Kier molecular flexibility index (Phi) is 2.94. The third kappa shape index (κ3) is 2.01. The Morgan fingerprint density at radius 1 is 1.28 bits per heavy atom. The van der Waals surface area contributed by atoms with Crippen LogP contribution in [0.25, 0.3) is 0 Å². The summed E-state index contributed by atoms with van der Waals surface area (Å²) in [7, 11) is 0. The Balaban J connectivity index is 2.40. The van der Waals surface area contributed by atoms with Crippen LogP contribution in [0.5, 0.6) is 5.75 Å². The van der Waals surface area contributed by atoms with Crippen LogP contribution in [0, 0.1) is 0 Å². The predicted octanol–water partition coefficient (Wildman–Crippen LogP) is 2.78. The molecule has 1 aliphatic heterocycles. The van der Waals surface area contributed by atoms with Gasteiger partial charge >= 0.3 is 6.18 Å². The number of alkyl halides is 3. The van der Waals surface area contributed by atoms with Gasteiger partial charge in [0.2, 0.25) is 0 Å². The first kappa shape index (κ1) is 12.3. The minimum Gasteiger partial charge on any atom is -0.467 e. The summed E-state index contributed by atoms with van der Waals surface area (Å²) < 4.78 is 43.9. The molecule has 0 aromatic heterocycles. The fraction of sp³-hybridized carbons (Fsp3) is 0.167. The molecule has 0 N–H and O–H groups in total. The van der Waals surface area contributed by atoms with Crippen molar-refractivity contribution in [3.63, 3.8) is 0 Å². The van der Waals surface area contributed by atoms with Gasteiger partial charge in [0.05, 0.1) is 11.8 Å². The summed E-state index contributed by atoms with van der Waals surface area (Å²) in [6.45, 7) is 0. The third-order valence-corrected chi connectivity index (χ3v) is 2.44. The van der Waals surface area contributed by atoms with Gasteiger partial charge in [-0.2, -0.15) is 13.2 Å². The summed E-state index contributed by atoms with van der Waals surface area (Å²) in [5.74, 6) is -0.136. The van der Waals surface area contributed by atoms with Crippen LogP contribution in [-0.4, -0.2) is 24.3 Å². The van der Waals surface area contributed by atoms with E-state index in [0.717, 1.165) is 12.3 Å². The van der Waals surface area contributed by atoms with E-state index in [9.17, 15) is 18.0 Å². The van der Waals surface area contributed by atoms with Crippen molar-refractivity contribution in [1.29, 1.82) is 0 Å². The van der Waals surface area contributed by atoms with Crippen LogP contribution in [0.3, 0.4) is 0 Å². The van der Waals surface area contributed by atoms with Gasteiger partial charge in [0.15, 0.2) is 6.29 Å². The van der Waals surface area contributed by atoms with Crippen molar-refractivity contribution < 1.29 is 22.7 Å². The maximum atomic E-state index is 13.0. The molecule has 0 fully saturated rings. The summed E-state index contributed by atoms with van der Waals surface area (Å²) in [6, 6.07) is 5.71. The highest BCUT2D eigenvalue weighted by atomic mass is 19.4. The highest BCUT2D eigenvalue weighted by molar-refractivity contribution is 5.81. The number of carbonyl (C=O) groups is 1. The molecule has 0 spiro atoms. The van der Waals surface area contributed by atoms with Gasteiger partial charge in [0.25, 0.3) is 5.60 Å². The number of nitrogens with zero attached hydrogens (tertiary/aromatic N) is 1. The van der Waals surface area contributed by atoms with E-state index in [2.05, 4.69) is 4.99 Å². The fourth-order valence-corrected chi connectivity index (χ4v) is 1.49. The number of benzene rings is 1. The van der Waals surface area contributed by atoms with Crippen LogP contribution in [0.15, 0.2) is 41.5 Å². The van der Waals surface area contributed by atoms with Crippen molar-refractivity contribution in [3.05, 3.63) is 42.1 Å². The molecule has 1 aromatic carbocycles. The van der Waals surface area contributed by atoms with E-state index in [1.165, 1.54) is 24.3 Å². The van der Waals surface area contributed by atoms with E-state index in [-0.39, 0.29) is 11.3 Å². The van der Waals surface area contributed by atoms with Crippen LogP contribution >= 0.6 is 0 Å². The molecule has 0 amide bonds. The lowest BCUT2D eigenvalue weighted by Crippen LogP contribution is -2.49. The third-order valence-electron chi connectivity index (χ3n) is 2.44. The van der Waals surface area contributed by atoms with Crippen molar-refractivity contribution in [2.45, 2.75) is 11.8 Å². The first-order valence-electron chi connectivity index (χ1n) is 5.00. The molecule has 1 atom stereocenters. The number of aldehydes is 1. The topological polar surface area (TPSA) is 38.7 Å². The number of aliphatic imine (C=N–C) groups is 1. The first-order chi connectivity index (χ1) is 8.48. The largest absolute Gasteiger partial charge is 0.467 e. The molecule has 3 nitrogen and oxygen atoms in total. The molecule has 0 radical (unpaired) electrons. The molecule has 0 bridgehead atoms. The Morgan fingerprint density at radius 3 is 2.56 bits per heavy atom. The predicted molar refractivity (Wildman–Crippen MR) is 58.9 cm³/mol. The standard InChI is InChI=1S/C12H8F3NO2/c13-12(14,15)11(5-6-16-8-11)18-10-4-2-1-3-9(10)7-17/h1-8H. The van der Waals surface area contributed by atoms with Crippen LogP contribution in [0.4, 0.5) is 13.2 Å². The van der Waals surface area contributed by atoms with E-state index in [4.69, 9.17) is 4.74 Å². The number of hydrogen-bond donors (Lipinski definition) is 0. The lowest BCUT2D eigenvalue weighted by Gasteiger charge is -2.28. The van der Waals surface area contributed by atoms with Crippen LogP contribution in [0.2, 0.25) is 0 Å². The van der Waals surface area contributed by atoms with E-state index in [0.29, 0.717) is 12.5 Å². The second-order valence-electron chi connectivity index (χ2n) is 3.64. The van der Waals surface area contributed by atoms with Gasteiger partial charge < -0.3 is 4.74 Å². The van der Waals surface area contributed by atoms with Crippen molar-refractivity contribution in [1.82, 2.24) is 0 Å². The van der Waals surface area contributed by atoms with E-state index < -0.39 is 11.8 Å². The average molecular weight is 255 g/mol. The normalized spacial score (nSPS) is 22.2. The van der Waals surface area contributed by atoms with Gasteiger partial charge in [-0.05, 0) is 18.2 Å².